The van der Waals surface area contributed by atoms with Crippen LogP contribution in [-0.2, 0) is 0 Å². The monoisotopic (exact) mass is 336 g/mol. The Morgan fingerprint density at radius 1 is 1.20 bits per heavy atom. The second-order valence-electron chi connectivity index (χ2n) is 3.65. The van der Waals surface area contributed by atoms with E-state index < -0.39 is 27.3 Å². The van der Waals surface area contributed by atoms with Crippen molar-refractivity contribution in [3.8, 4) is 5.75 Å². The van der Waals surface area contributed by atoms with E-state index in [-0.39, 0.29) is 26.0 Å². The van der Waals surface area contributed by atoms with Crippen molar-refractivity contribution in [2.45, 2.75) is 0 Å². The van der Waals surface area contributed by atoms with Gasteiger partial charge < -0.3 is 10.1 Å². The molecule has 10 heteroatoms. The number of aromatic hydroxyl groups is 1. The molecule has 0 saturated heterocycles. The van der Waals surface area contributed by atoms with Gasteiger partial charge in [0.05, 0.1) is 30.9 Å². The van der Waals surface area contributed by atoms with Crippen LogP contribution >= 0.6 is 34.8 Å². The molecule has 2 N–H and O–H groups in total. The predicted molar refractivity (Wildman–Crippen MR) is 74.2 cm³/mol. The van der Waals surface area contributed by atoms with Crippen molar-refractivity contribution in [3.63, 3.8) is 0 Å². The van der Waals surface area contributed by atoms with Gasteiger partial charge in [-0.15, -0.1) is 0 Å². The van der Waals surface area contributed by atoms with E-state index in [9.17, 15) is 24.8 Å². The number of aromatic amines is 1. The van der Waals surface area contributed by atoms with Crippen LogP contribution in [0.2, 0.25) is 15.1 Å². The number of H-pyrrole nitrogens is 1. The topological polar surface area (TPSA) is 113 Å². The molecule has 0 bridgehead atoms. The van der Waals surface area contributed by atoms with Crippen LogP contribution in [0.25, 0.3) is 10.9 Å². The molecular formula is C10H3Cl3N2O5. The average Bonchev–Trinajstić information content (AvgIpc) is 2.43. The first-order chi connectivity index (χ1) is 9.25. The van der Waals surface area contributed by atoms with E-state index in [1.807, 2.05) is 0 Å². The lowest BCUT2D eigenvalue weighted by molar-refractivity contribution is -0.387. The maximum Gasteiger partial charge on any atom is 0.379 e. The Balaban J connectivity index is 3.24. The first-order valence-electron chi connectivity index (χ1n) is 4.86. The van der Waals surface area contributed by atoms with Gasteiger partial charge in [0.25, 0.3) is 0 Å². The van der Waals surface area contributed by atoms with Gasteiger partial charge in [0.15, 0.2) is 0 Å². The number of hydrogen-bond donors (Lipinski definition) is 2. The zero-order chi connectivity index (χ0) is 15.2. The van der Waals surface area contributed by atoms with Crippen LogP contribution in [0.3, 0.4) is 0 Å². The minimum Gasteiger partial charge on any atom is -0.499 e. The van der Waals surface area contributed by atoms with Crippen molar-refractivity contribution < 1.29 is 10.0 Å². The maximum absolute atomic E-state index is 12.0. The van der Waals surface area contributed by atoms with Crippen LogP contribution in [0.1, 0.15) is 0 Å². The molecule has 2 aromatic rings. The van der Waals surface area contributed by atoms with Gasteiger partial charge in [-0.2, -0.15) is 0 Å². The minimum atomic E-state index is -1.33. The first kappa shape index (κ1) is 14.6. The van der Waals surface area contributed by atoms with Gasteiger partial charge in [0, 0.05) is 0 Å². The lowest BCUT2D eigenvalue weighted by Crippen LogP contribution is -2.09. The summed E-state index contributed by atoms with van der Waals surface area (Å²) in [5, 5.41) is 19.4. The summed E-state index contributed by atoms with van der Waals surface area (Å²) in [7, 11) is 0. The van der Waals surface area contributed by atoms with E-state index in [0.717, 1.165) is 6.07 Å². The number of fused-ring (bicyclic) bond motifs is 1. The fourth-order valence-electron chi connectivity index (χ4n) is 1.60. The maximum atomic E-state index is 12.0. The van der Waals surface area contributed by atoms with Crippen LogP contribution in [0, 0.1) is 10.1 Å². The highest BCUT2D eigenvalue weighted by atomic mass is 35.5. The molecule has 20 heavy (non-hydrogen) atoms. The molecule has 2 rings (SSSR count). The van der Waals surface area contributed by atoms with E-state index in [4.69, 9.17) is 34.8 Å². The molecule has 0 fully saturated rings. The second-order valence-corrected chi connectivity index (χ2v) is 4.81. The van der Waals surface area contributed by atoms with Gasteiger partial charge in [-0.1, -0.05) is 34.8 Å². The molecule has 104 valence electrons. The lowest BCUT2D eigenvalue weighted by Gasteiger charge is -2.01. The summed E-state index contributed by atoms with van der Waals surface area (Å²) in [6.07, 6.45) is 0. The molecule has 0 atom stereocenters. The molecule has 1 heterocycles. The van der Waals surface area contributed by atoms with Crippen molar-refractivity contribution in [2.24, 2.45) is 0 Å². The molecule has 0 aliphatic rings. The Kier molecular flexibility index (Phi) is 3.59. The summed E-state index contributed by atoms with van der Waals surface area (Å²) in [6, 6.07) is 1.11. The van der Waals surface area contributed by atoms with Crippen molar-refractivity contribution >= 4 is 51.4 Å². The summed E-state index contributed by atoms with van der Waals surface area (Å²) in [5.41, 5.74) is -3.93. The number of rotatable bonds is 1. The Morgan fingerprint density at radius 2 is 1.80 bits per heavy atom. The number of nitrogens with zero attached hydrogens (tertiary/aromatic N) is 1. The Hall–Kier alpha value is -1.83. The zero-order valence-corrected chi connectivity index (χ0v) is 11.5. The first-order valence-corrected chi connectivity index (χ1v) is 6.00. The third-order valence-corrected chi connectivity index (χ3v) is 3.74. The highest BCUT2D eigenvalue weighted by Gasteiger charge is 2.24. The smallest absolute Gasteiger partial charge is 0.379 e. The number of aromatic nitrogens is 1. The second kappa shape index (κ2) is 4.93. The largest absolute Gasteiger partial charge is 0.499 e. The number of nitrogens with one attached hydrogen (secondary N) is 1. The van der Waals surface area contributed by atoms with Gasteiger partial charge in [-0.3, -0.25) is 19.7 Å². The molecule has 0 spiro atoms. The van der Waals surface area contributed by atoms with E-state index in [1.54, 1.807) is 0 Å². The van der Waals surface area contributed by atoms with Crippen LogP contribution in [0.4, 0.5) is 5.69 Å². The van der Waals surface area contributed by atoms with Crippen LogP contribution in [-0.4, -0.2) is 15.0 Å². The van der Waals surface area contributed by atoms with Gasteiger partial charge in [-0.05, 0) is 6.07 Å². The van der Waals surface area contributed by atoms with E-state index in [2.05, 4.69) is 4.98 Å². The van der Waals surface area contributed by atoms with Gasteiger partial charge in [0.1, 0.15) is 0 Å². The van der Waals surface area contributed by atoms with Crippen molar-refractivity contribution in [1.82, 2.24) is 4.98 Å². The number of hydrogen-bond acceptors (Lipinski definition) is 5. The zero-order valence-electron chi connectivity index (χ0n) is 9.24. The van der Waals surface area contributed by atoms with Crippen molar-refractivity contribution in [2.75, 3.05) is 0 Å². The summed E-state index contributed by atoms with van der Waals surface area (Å²) in [4.78, 5) is 35.3. The van der Waals surface area contributed by atoms with E-state index in [0.29, 0.717) is 0 Å². The fraction of sp³-hybridized carbons (Fsp3) is 0. The van der Waals surface area contributed by atoms with Crippen LogP contribution in [0.15, 0.2) is 15.7 Å². The highest BCUT2D eigenvalue weighted by Crippen LogP contribution is 2.35. The number of nitro groups is 1. The molecule has 0 saturated carbocycles. The Morgan fingerprint density at radius 3 is 2.35 bits per heavy atom. The van der Waals surface area contributed by atoms with Crippen LogP contribution < -0.4 is 11.0 Å². The molecule has 0 unspecified atom stereocenters. The third kappa shape index (κ3) is 2.09. The summed E-state index contributed by atoms with van der Waals surface area (Å²) in [5.74, 6) is -1.33. The number of benzene rings is 1. The lowest BCUT2D eigenvalue weighted by atomic mass is 10.2. The normalized spacial score (nSPS) is 10.8. The van der Waals surface area contributed by atoms with Gasteiger partial charge in [-0.25, -0.2) is 0 Å². The fourth-order valence-corrected chi connectivity index (χ4v) is 2.29. The molecule has 0 radical (unpaired) electrons. The molecule has 7 nitrogen and oxygen atoms in total. The molecule has 0 aliphatic heterocycles. The van der Waals surface area contributed by atoms with Crippen LogP contribution in [0.5, 0.6) is 5.75 Å². The highest BCUT2D eigenvalue weighted by molar-refractivity contribution is 6.50. The molecular weight excluding hydrogens is 334 g/mol. The molecule has 1 aromatic carbocycles. The van der Waals surface area contributed by atoms with Crippen molar-refractivity contribution in [3.05, 3.63) is 51.8 Å². The SMILES string of the molecule is O=c1[nH]c2cc(Cl)c(Cl)c(Cl)c2c(=O)c(O)c1[N+](=O)[O-]. The number of halogens is 3. The minimum absolute atomic E-state index is 0.0624. The predicted octanol–water partition coefficient (Wildman–Crippen LogP) is 2.46. The quantitative estimate of drug-likeness (QED) is 0.471. The summed E-state index contributed by atoms with van der Waals surface area (Å²) in [6.45, 7) is 0. The average molecular weight is 338 g/mol. The van der Waals surface area contributed by atoms with Gasteiger partial charge in [0.2, 0.25) is 11.2 Å². The third-order valence-electron chi connectivity index (χ3n) is 2.47. The standard InChI is InChI=1S/C10H3Cl3N2O5/c11-2-1-3-4(6(13)5(2)12)8(16)9(17)7(15(19)20)10(18)14-3/h1H,(H,14,18)(H,16,17). The Labute approximate surface area is 124 Å². The Bertz CT molecular complexity index is 877. The van der Waals surface area contributed by atoms with Gasteiger partial charge >= 0.3 is 11.2 Å². The molecule has 1 aromatic heterocycles. The van der Waals surface area contributed by atoms with E-state index in [1.165, 1.54) is 0 Å². The summed E-state index contributed by atoms with van der Waals surface area (Å²) >= 11 is 17.3. The van der Waals surface area contributed by atoms with Crippen molar-refractivity contribution in [1.29, 1.82) is 0 Å². The van der Waals surface area contributed by atoms with E-state index >= 15 is 0 Å². The molecule has 0 aliphatic carbocycles. The molecule has 0 amide bonds. The summed E-state index contributed by atoms with van der Waals surface area (Å²) < 4.78 is 0.